The second-order valence-corrected chi connectivity index (χ2v) is 8.69. The number of rotatable bonds is 5. The Kier molecular flexibility index (Phi) is 5.55. The van der Waals surface area contributed by atoms with Gasteiger partial charge in [-0.3, -0.25) is 0 Å². The number of sulfonamides is 1. The number of halogens is 2. The number of nitrogens with zero attached hydrogens (tertiary/aromatic N) is 1. The summed E-state index contributed by atoms with van der Waals surface area (Å²) in [5, 5.41) is -0.435. The van der Waals surface area contributed by atoms with Crippen LogP contribution in [0, 0.1) is 17.6 Å². The molecule has 1 fully saturated rings. The van der Waals surface area contributed by atoms with Crippen molar-refractivity contribution in [2.24, 2.45) is 5.92 Å². The van der Waals surface area contributed by atoms with Crippen molar-refractivity contribution < 1.29 is 17.2 Å². The van der Waals surface area contributed by atoms with Crippen molar-refractivity contribution in [3.05, 3.63) is 35.4 Å². The average Bonchev–Trinajstić information content (AvgIpc) is 2.47. The van der Waals surface area contributed by atoms with Crippen molar-refractivity contribution in [1.82, 2.24) is 4.31 Å². The molecule has 0 aliphatic carbocycles. The topological polar surface area (TPSA) is 37.4 Å². The van der Waals surface area contributed by atoms with Crippen LogP contribution in [0.3, 0.4) is 0 Å². The van der Waals surface area contributed by atoms with E-state index in [1.165, 1.54) is 22.5 Å². The van der Waals surface area contributed by atoms with Gasteiger partial charge in [-0.15, -0.1) is 0 Å². The Morgan fingerprint density at radius 3 is 2.50 bits per heavy atom. The van der Waals surface area contributed by atoms with Crippen LogP contribution in [0.5, 0.6) is 0 Å². The largest absolute Gasteiger partial charge is 0.216 e. The normalized spacial score (nSPS) is 20.5. The van der Waals surface area contributed by atoms with Crippen LogP contribution >= 0.6 is 0 Å². The van der Waals surface area contributed by atoms with E-state index in [0.29, 0.717) is 25.9 Å². The third-order valence-corrected chi connectivity index (χ3v) is 6.54. The van der Waals surface area contributed by atoms with Crippen LogP contribution in [0.15, 0.2) is 18.2 Å². The summed E-state index contributed by atoms with van der Waals surface area (Å²) in [5.74, 6) is -0.897. The standard InChI is InChI=1S/C16H23F2NO2S/c1-12(2)22(20,21)19-10-4-5-13(11-19)8-9-14-15(17)6-3-7-16(14)18/h3,6-7,12-13H,4-5,8-11H2,1-2H3. The van der Waals surface area contributed by atoms with Gasteiger partial charge in [0.05, 0.1) is 5.25 Å². The minimum absolute atomic E-state index is 0.103. The van der Waals surface area contributed by atoms with Crippen LogP contribution < -0.4 is 0 Å². The third-order valence-electron chi connectivity index (χ3n) is 4.30. The molecule has 1 aromatic rings. The van der Waals surface area contributed by atoms with Crippen molar-refractivity contribution in [3.63, 3.8) is 0 Å². The van der Waals surface area contributed by atoms with E-state index in [1.807, 2.05) is 0 Å². The summed E-state index contributed by atoms with van der Waals surface area (Å²) in [5.41, 5.74) is 0.103. The van der Waals surface area contributed by atoms with Crippen molar-refractivity contribution in [2.45, 2.75) is 44.8 Å². The Morgan fingerprint density at radius 2 is 1.91 bits per heavy atom. The van der Waals surface area contributed by atoms with Gasteiger partial charge in [-0.25, -0.2) is 21.5 Å². The maximum Gasteiger partial charge on any atom is 0.216 e. The number of hydrogen-bond donors (Lipinski definition) is 0. The molecule has 0 bridgehead atoms. The second-order valence-electron chi connectivity index (χ2n) is 6.20. The summed E-state index contributed by atoms with van der Waals surface area (Å²) in [6.07, 6.45) is 2.61. The fourth-order valence-corrected chi connectivity index (χ4v) is 4.31. The Morgan fingerprint density at radius 1 is 1.27 bits per heavy atom. The van der Waals surface area contributed by atoms with Gasteiger partial charge in [0.1, 0.15) is 11.6 Å². The predicted molar refractivity (Wildman–Crippen MR) is 83.0 cm³/mol. The predicted octanol–water partition coefficient (Wildman–Crippen LogP) is 3.35. The molecule has 22 heavy (non-hydrogen) atoms. The summed E-state index contributed by atoms with van der Waals surface area (Å²) in [6.45, 7) is 4.35. The summed E-state index contributed by atoms with van der Waals surface area (Å²) in [7, 11) is -3.25. The first-order chi connectivity index (χ1) is 10.3. The molecule has 0 amide bonds. The molecule has 0 radical (unpaired) electrons. The molecule has 0 aromatic heterocycles. The van der Waals surface area contributed by atoms with Crippen LogP contribution in [0.1, 0.15) is 38.7 Å². The Bertz CT molecular complexity index is 596. The molecule has 1 aliphatic rings. The van der Waals surface area contributed by atoms with Crippen molar-refractivity contribution in [2.75, 3.05) is 13.1 Å². The maximum atomic E-state index is 13.6. The van der Waals surface area contributed by atoms with E-state index in [-0.39, 0.29) is 11.5 Å². The zero-order chi connectivity index (χ0) is 16.3. The molecule has 2 rings (SSSR count). The lowest BCUT2D eigenvalue weighted by Gasteiger charge is -2.33. The summed E-state index contributed by atoms with van der Waals surface area (Å²) in [4.78, 5) is 0. The van der Waals surface area contributed by atoms with Crippen LogP contribution in [0.4, 0.5) is 8.78 Å². The van der Waals surface area contributed by atoms with Gasteiger partial charge in [-0.05, 0) is 57.6 Å². The molecule has 1 heterocycles. The zero-order valence-electron chi connectivity index (χ0n) is 13.1. The van der Waals surface area contributed by atoms with Crippen molar-refractivity contribution >= 4 is 10.0 Å². The van der Waals surface area contributed by atoms with Gasteiger partial charge in [-0.1, -0.05) is 6.07 Å². The fourth-order valence-electron chi connectivity index (χ4n) is 2.91. The van der Waals surface area contributed by atoms with Crippen LogP contribution in [0.2, 0.25) is 0 Å². The second kappa shape index (κ2) is 7.04. The van der Waals surface area contributed by atoms with Crippen LogP contribution in [-0.2, 0) is 16.4 Å². The minimum atomic E-state index is -3.25. The highest BCUT2D eigenvalue weighted by Crippen LogP contribution is 2.26. The first kappa shape index (κ1) is 17.3. The smallest absolute Gasteiger partial charge is 0.212 e. The summed E-state index contributed by atoms with van der Waals surface area (Å²) < 4.78 is 53.2. The first-order valence-corrected chi connectivity index (χ1v) is 9.24. The number of piperidine rings is 1. The molecule has 1 aromatic carbocycles. The van der Waals surface area contributed by atoms with Crippen LogP contribution in [-0.4, -0.2) is 31.1 Å². The summed E-state index contributed by atoms with van der Waals surface area (Å²) in [6, 6.07) is 3.87. The molecule has 0 spiro atoms. The zero-order valence-corrected chi connectivity index (χ0v) is 13.9. The van der Waals surface area contributed by atoms with Gasteiger partial charge in [-0.2, -0.15) is 0 Å². The van der Waals surface area contributed by atoms with Crippen molar-refractivity contribution in [3.8, 4) is 0 Å². The van der Waals surface area contributed by atoms with E-state index in [2.05, 4.69) is 0 Å². The van der Waals surface area contributed by atoms with E-state index in [9.17, 15) is 17.2 Å². The molecular weight excluding hydrogens is 308 g/mol. The quantitative estimate of drug-likeness (QED) is 0.830. The van der Waals surface area contributed by atoms with Gasteiger partial charge in [0.25, 0.3) is 0 Å². The fraction of sp³-hybridized carbons (Fsp3) is 0.625. The molecule has 1 aliphatic heterocycles. The monoisotopic (exact) mass is 331 g/mol. The maximum absolute atomic E-state index is 13.6. The minimum Gasteiger partial charge on any atom is -0.212 e. The van der Waals surface area contributed by atoms with Crippen molar-refractivity contribution in [1.29, 1.82) is 0 Å². The molecule has 3 nitrogen and oxygen atoms in total. The molecule has 1 saturated heterocycles. The van der Waals surface area contributed by atoms with Gasteiger partial charge in [0.15, 0.2) is 0 Å². The lowest BCUT2D eigenvalue weighted by atomic mass is 9.92. The first-order valence-electron chi connectivity index (χ1n) is 7.74. The van der Waals surface area contributed by atoms with Gasteiger partial charge < -0.3 is 0 Å². The Balaban J connectivity index is 2.00. The molecule has 6 heteroatoms. The number of benzene rings is 1. The van der Waals surface area contributed by atoms with E-state index >= 15 is 0 Å². The highest BCUT2D eigenvalue weighted by atomic mass is 32.2. The molecule has 124 valence electrons. The molecule has 1 unspecified atom stereocenters. The number of hydrogen-bond acceptors (Lipinski definition) is 2. The van der Waals surface area contributed by atoms with E-state index < -0.39 is 26.9 Å². The van der Waals surface area contributed by atoms with Gasteiger partial charge in [0, 0.05) is 18.7 Å². The van der Waals surface area contributed by atoms with E-state index in [4.69, 9.17) is 0 Å². The third kappa shape index (κ3) is 3.84. The Hall–Kier alpha value is -1.01. The molecule has 0 N–H and O–H groups in total. The highest BCUT2D eigenvalue weighted by Gasteiger charge is 2.30. The molecule has 0 saturated carbocycles. The lowest BCUT2D eigenvalue weighted by Crippen LogP contribution is -2.43. The average molecular weight is 331 g/mol. The highest BCUT2D eigenvalue weighted by molar-refractivity contribution is 7.89. The molecule has 1 atom stereocenters. The SMILES string of the molecule is CC(C)S(=O)(=O)N1CCCC(CCc2c(F)cccc2F)C1. The van der Waals surface area contributed by atoms with Gasteiger partial charge >= 0.3 is 0 Å². The lowest BCUT2D eigenvalue weighted by molar-refractivity contribution is 0.253. The Labute approximate surface area is 131 Å². The van der Waals surface area contributed by atoms with E-state index in [0.717, 1.165) is 12.8 Å². The van der Waals surface area contributed by atoms with E-state index in [1.54, 1.807) is 13.8 Å². The van der Waals surface area contributed by atoms with Crippen LogP contribution in [0.25, 0.3) is 0 Å². The van der Waals surface area contributed by atoms with Gasteiger partial charge in [0.2, 0.25) is 10.0 Å². The summed E-state index contributed by atoms with van der Waals surface area (Å²) >= 11 is 0. The molecular formula is C16H23F2NO2S.